The van der Waals surface area contributed by atoms with Crippen molar-refractivity contribution in [3.63, 3.8) is 0 Å². The normalized spacial score (nSPS) is 18.7. The van der Waals surface area contributed by atoms with E-state index >= 15 is 0 Å². The van der Waals surface area contributed by atoms with Crippen LogP contribution in [0.3, 0.4) is 0 Å². The van der Waals surface area contributed by atoms with E-state index in [-0.39, 0.29) is 18.7 Å². The maximum atomic E-state index is 12.3. The Labute approximate surface area is 106 Å². The van der Waals surface area contributed by atoms with E-state index in [1.165, 1.54) is 0 Å². The number of nitrogens with zero attached hydrogens (tertiary/aromatic N) is 2. The maximum absolute atomic E-state index is 12.3. The topological polar surface area (TPSA) is 79.2 Å². The third-order valence-electron chi connectivity index (χ3n) is 2.37. The molecule has 0 fully saturated rings. The molecule has 0 aliphatic carbocycles. The third kappa shape index (κ3) is 4.42. The second kappa shape index (κ2) is 5.89. The van der Waals surface area contributed by atoms with Crippen LogP contribution in [0.2, 0.25) is 0 Å². The van der Waals surface area contributed by atoms with E-state index in [1.807, 2.05) is 0 Å². The summed E-state index contributed by atoms with van der Waals surface area (Å²) in [5.74, 6) is -2.26. The Hall–Kier alpha value is -1.80. The molecule has 0 aromatic carbocycles. The monoisotopic (exact) mass is 282 g/mol. The molecule has 0 spiro atoms. The lowest BCUT2D eigenvalue weighted by molar-refractivity contribution is -0.167. The summed E-state index contributed by atoms with van der Waals surface area (Å²) in [6, 6.07) is 0. The minimum Gasteiger partial charge on any atom is -0.477 e. The fraction of sp³-hybridized carbons (Fsp3) is 0.700. The molecule has 1 amide bonds. The van der Waals surface area contributed by atoms with E-state index in [2.05, 4.69) is 9.99 Å². The number of rotatable bonds is 5. The van der Waals surface area contributed by atoms with Gasteiger partial charge in [0.1, 0.15) is 6.54 Å². The quantitative estimate of drug-likeness (QED) is 0.816. The zero-order valence-corrected chi connectivity index (χ0v) is 10.1. The van der Waals surface area contributed by atoms with E-state index < -0.39 is 30.7 Å². The molecule has 1 aliphatic rings. The van der Waals surface area contributed by atoms with Crippen molar-refractivity contribution in [1.29, 1.82) is 0 Å². The van der Waals surface area contributed by atoms with Crippen LogP contribution in [0.25, 0.3) is 0 Å². The van der Waals surface area contributed by atoms with Crippen LogP contribution in [0.15, 0.2) is 5.16 Å². The van der Waals surface area contributed by atoms with Gasteiger partial charge >= 0.3 is 12.1 Å². The molecule has 1 unspecified atom stereocenters. The van der Waals surface area contributed by atoms with Crippen molar-refractivity contribution in [2.45, 2.75) is 32.0 Å². The molecule has 0 radical (unpaired) electrons. The van der Waals surface area contributed by atoms with Crippen molar-refractivity contribution in [3.05, 3.63) is 0 Å². The van der Waals surface area contributed by atoms with Gasteiger partial charge in [0.15, 0.2) is 5.71 Å². The van der Waals surface area contributed by atoms with E-state index in [1.54, 1.807) is 6.92 Å². The summed E-state index contributed by atoms with van der Waals surface area (Å²) in [5.41, 5.74) is -0.373. The molecule has 108 valence electrons. The molecule has 6 nitrogen and oxygen atoms in total. The Balaban J connectivity index is 2.66. The number of oxime groups is 1. The van der Waals surface area contributed by atoms with Gasteiger partial charge in [0, 0.05) is 13.0 Å². The molecule has 1 rings (SSSR count). The lowest BCUT2D eigenvalue weighted by atomic mass is 10.1. The minimum atomic E-state index is -4.51. The molecule has 0 saturated heterocycles. The summed E-state index contributed by atoms with van der Waals surface area (Å²) in [6.07, 6.45) is -5.78. The van der Waals surface area contributed by atoms with Crippen molar-refractivity contribution < 1.29 is 32.7 Å². The molecular formula is C10H13F3N2O4. The molecule has 0 aromatic rings. The molecule has 19 heavy (non-hydrogen) atoms. The number of carbonyl (C=O) groups excluding carboxylic acids is 1. The van der Waals surface area contributed by atoms with Crippen LogP contribution >= 0.6 is 0 Å². The molecule has 0 bridgehead atoms. The molecule has 9 heteroatoms. The summed E-state index contributed by atoms with van der Waals surface area (Å²) in [7, 11) is 0. The highest BCUT2D eigenvalue weighted by atomic mass is 19.4. The average Bonchev–Trinajstić information content (AvgIpc) is 2.75. The fourth-order valence-corrected chi connectivity index (χ4v) is 1.59. The fourth-order valence-electron chi connectivity index (χ4n) is 1.59. The van der Waals surface area contributed by atoms with Gasteiger partial charge in [-0.15, -0.1) is 0 Å². The summed E-state index contributed by atoms with van der Waals surface area (Å²) in [5, 5.41) is 11.8. The van der Waals surface area contributed by atoms with Crippen LogP contribution in [0.5, 0.6) is 0 Å². The average molecular weight is 282 g/mol. The van der Waals surface area contributed by atoms with E-state index in [0.717, 1.165) is 0 Å². The van der Waals surface area contributed by atoms with Gasteiger partial charge in [-0.3, -0.25) is 4.79 Å². The van der Waals surface area contributed by atoms with Crippen molar-refractivity contribution in [2.24, 2.45) is 5.16 Å². The Morgan fingerprint density at radius 2 is 2.16 bits per heavy atom. The first-order chi connectivity index (χ1) is 8.74. The second-order valence-corrected chi connectivity index (χ2v) is 4.02. The molecule has 1 aliphatic heterocycles. The molecule has 1 heterocycles. The van der Waals surface area contributed by atoms with Gasteiger partial charge in [0.05, 0.1) is 0 Å². The van der Waals surface area contributed by atoms with Crippen molar-refractivity contribution >= 4 is 17.6 Å². The van der Waals surface area contributed by atoms with Crippen LogP contribution < -0.4 is 0 Å². The lowest BCUT2D eigenvalue weighted by Crippen LogP contribution is -2.44. The highest BCUT2D eigenvalue weighted by molar-refractivity contribution is 6.36. The first kappa shape index (κ1) is 15.3. The van der Waals surface area contributed by atoms with Crippen LogP contribution in [0.4, 0.5) is 13.2 Å². The molecule has 0 saturated carbocycles. The van der Waals surface area contributed by atoms with Gasteiger partial charge in [-0.1, -0.05) is 12.1 Å². The highest BCUT2D eigenvalue weighted by Crippen LogP contribution is 2.20. The third-order valence-corrected chi connectivity index (χ3v) is 2.37. The molecule has 1 N–H and O–H groups in total. The van der Waals surface area contributed by atoms with E-state index in [9.17, 15) is 22.8 Å². The minimum absolute atomic E-state index is 0.0827. The Morgan fingerprint density at radius 1 is 1.53 bits per heavy atom. The maximum Gasteiger partial charge on any atom is 0.406 e. The smallest absolute Gasteiger partial charge is 0.406 e. The first-order valence-corrected chi connectivity index (χ1v) is 5.56. The van der Waals surface area contributed by atoms with Gasteiger partial charge in [-0.05, 0) is 6.42 Å². The SMILES string of the molecule is CCCN(CC(F)(F)F)C(=O)C1CC(C(=O)O)=NO1. The standard InChI is InChI=1S/C10H13F3N2O4/c1-2-3-15(5-10(11,12)13)8(16)7-4-6(9(17)18)14-19-7/h7H,2-5H2,1H3,(H,17,18). The number of carboxylic acid groups (broad SMARTS) is 1. The largest absolute Gasteiger partial charge is 0.477 e. The Kier molecular flexibility index (Phi) is 4.73. The zero-order valence-electron chi connectivity index (χ0n) is 10.1. The number of carboxylic acids is 1. The van der Waals surface area contributed by atoms with Gasteiger partial charge in [-0.25, -0.2) is 4.79 Å². The predicted octanol–water partition coefficient (Wildman–Crippen LogP) is 1.02. The lowest BCUT2D eigenvalue weighted by Gasteiger charge is -2.25. The van der Waals surface area contributed by atoms with Crippen LogP contribution in [-0.4, -0.2) is 53.0 Å². The number of hydrogen-bond donors (Lipinski definition) is 1. The first-order valence-electron chi connectivity index (χ1n) is 5.56. The Morgan fingerprint density at radius 3 is 2.58 bits per heavy atom. The zero-order chi connectivity index (χ0) is 14.6. The molecular weight excluding hydrogens is 269 g/mol. The van der Waals surface area contributed by atoms with E-state index in [4.69, 9.17) is 5.11 Å². The second-order valence-electron chi connectivity index (χ2n) is 4.02. The summed E-state index contributed by atoms with van der Waals surface area (Å²) >= 11 is 0. The highest BCUT2D eigenvalue weighted by Gasteiger charge is 2.38. The van der Waals surface area contributed by atoms with Gasteiger partial charge < -0.3 is 14.8 Å². The van der Waals surface area contributed by atoms with Crippen LogP contribution in [0, 0.1) is 0 Å². The number of aliphatic carboxylic acids is 1. The predicted molar refractivity (Wildman–Crippen MR) is 57.5 cm³/mol. The van der Waals surface area contributed by atoms with Crippen LogP contribution in [0.1, 0.15) is 19.8 Å². The number of amides is 1. The number of hydrogen-bond acceptors (Lipinski definition) is 4. The van der Waals surface area contributed by atoms with Crippen molar-refractivity contribution in [1.82, 2.24) is 4.90 Å². The number of alkyl halides is 3. The van der Waals surface area contributed by atoms with Gasteiger partial charge in [-0.2, -0.15) is 13.2 Å². The summed E-state index contributed by atoms with van der Waals surface area (Å²) in [4.78, 5) is 27.6. The van der Waals surface area contributed by atoms with Gasteiger partial charge in [0.2, 0.25) is 6.10 Å². The Bertz CT molecular complexity index is 395. The van der Waals surface area contributed by atoms with Gasteiger partial charge in [0.25, 0.3) is 5.91 Å². The summed E-state index contributed by atoms with van der Waals surface area (Å²) in [6.45, 7) is 0.161. The van der Waals surface area contributed by atoms with Crippen molar-refractivity contribution in [3.8, 4) is 0 Å². The van der Waals surface area contributed by atoms with E-state index in [0.29, 0.717) is 11.3 Å². The summed E-state index contributed by atoms with van der Waals surface area (Å²) < 4.78 is 37.0. The molecule has 1 atom stereocenters. The molecule has 0 aromatic heterocycles. The number of halogens is 3. The number of carbonyl (C=O) groups is 2. The van der Waals surface area contributed by atoms with Crippen LogP contribution in [-0.2, 0) is 14.4 Å². The van der Waals surface area contributed by atoms with Crippen molar-refractivity contribution in [2.75, 3.05) is 13.1 Å².